The van der Waals surface area contributed by atoms with Crippen LogP contribution >= 0.6 is 0 Å². The number of carbonyl (C=O) groups excluding carboxylic acids is 2. The van der Waals surface area contributed by atoms with Crippen molar-refractivity contribution in [1.29, 1.82) is 5.26 Å². The van der Waals surface area contributed by atoms with E-state index in [1.807, 2.05) is 0 Å². The van der Waals surface area contributed by atoms with Gasteiger partial charge in [0.15, 0.2) is 5.78 Å². The zero-order valence-corrected chi connectivity index (χ0v) is 14.9. The molecule has 26 heavy (non-hydrogen) atoms. The van der Waals surface area contributed by atoms with Crippen LogP contribution in [0, 0.1) is 28.9 Å². The van der Waals surface area contributed by atoms with Crippen LogP contribution < -0.4 is 0 Å². The molecule has 1 aromatic rings. The summed E-state index contributed by atoms with van der Waals surface area (Å²) in [5.41, 5.74) is -1.40. The molecule has 0 bridgehead atoms. The molecule has 1 saturated carbocycles. The van der Waals surface area contributed by atoms with Gasteiger partial charge in [0, 0.05) is 12.0 Å². The number of ketones is 1. The Morgan fingerprint density at radius 3 is 2.69 bits per heavy atom. The predicted octanol–water partition coefficient (Wildman–Crippen LogP) is 3.32. The van der Waals surface area contributed by atoms with Gasteiger partial charge in [0.1, 0.15) is 17.2 Å². The number of nitrogens with zero attached hydrogens (tertiary/aromatic N) is 2. The van der Waals surface area contributed by atoms with Crippen molar-refractivity contribution in [3.05, 3.63) is 35.4 Å². The van der Waals surface area contributed by atoms with Gasteiger partial charge in [-0.15, -0.1) is 0 Å². The maximum Gasteiger partial charge on any atom is 0.410 e. The highest BCUT2D eigenvalue weighted by atomic mass is 19.1. The minimum Gasteiger partial charge on any atom is -0.444 e. The molecule has 1 aromatic carbocycles. The van der Waals surface area contributed by atoms with Crippen molar-refractivity contribution in [2.24, 2.45) is 5.92 Å². The van der Waals surface area contributed by atoms with Crippen molar-refractivity contribution in [2.45, 2.75) is 50.7 Å². The van der Waals surface area contributed by atoms with Gasteiger partial charge in [0.05, 0.1) is 18.5 Å². The topological polar surface area (TPSA) is 70.4 Å². The molecule has 1 aliphatic carbocycles. The Labute approximate surface area is 150 Å². The number of hydrogen-bond acceptors (Lipinski definition) is 4. The Morgan fingerprint density at radius 1 is 1.38 bits per heavy atom. The third-order valence-corrected chi connectivity index (χ3v) is 4.98. The number of rotatable bonds is 3. The molecule has 2 fully saturated rings. The molecular formula is C19H20F2N2O3. The van der Waals surface area contributed by atoms with Crippen LogP contribution in [0.25, 0.3) is 0 Å². The van der Waals surface area contributed by atoms with Crippen LogP contribution in [0.4, 0.5) is 13.6 Å². The monoisotopic (exact) mass is 362 g/mol. The first-order valence-corrected chi connectivity index (χ1v) is 8.44. The molecule has 3 rings (SSSR count). The third kappa shape index (κ3) is 3.05. The summed E-state index contributed by atoms with van der Waals surface area (Å²) in [6.07, 6.45) is -0.561. The lowest BCUT2D eigenvalue weighted by molar-refractivity contribution is -0.123. The Hall–Kier alpha value is -2.49. The highest BCUT2D eigenvalue weighted by Gasteiger charge is 2.69. The number of Topliss-reactive ketones (excluding diaryl/α,β-unsaturated/α-hetero) is 1. The number of amides is 1. The van der Waals surface area contributed by atoms with E-state index < -0.39 is 40.6 Å². The van der Waals surface area contributed by atoms with E-state index in [0.717, 1.165) is 18.2 Å². The SMILES string of the molecule is CC(C)(C)OC(=O)N1CC2(c3cc(F)ccc3F)CC2C1C(=O)CC#N. The predicted molar refractivity (Wildman–Crippen MR) is 88.1 cm³/mol. The average molecular weight is 362 g/mol. The average Bonchev–Trinajstić information content (AvgIpc) is 3.14. The second-order valence-electron chi connectivity index (χ2n) is 7.95. The molecule has 3 unspecified atom stereocenters. The maximum absolute atomic E-state index is 14.3. The van der Waals surface area contributed by atoms with Crippen LogP contribution in [0.3, 0.4) is 0 Å². The highest BCUT2D eigenvalue weighted by Crippen LogP contribution is 2.62. The molecule has 138 valence electrons. The summed E-state index contributed by atoms with van der Waals surface area (Å²) in [5.74, 6) is -1.88. The minimum atomic E-state index is -0.854. The number of likely N-dealkylation sites (tertiary alicyclic amines) is 1. The van der Waals surface area contributed by atoms with Crippen molar-refractivity contribution in [3.8, 4) is 6.07 Å². The van der Waals surface area contributed by atoms with Crippen LogP contribution in [0.2, 0.25) is 0 Å². The van der Waals surface area contributed by atoms with Gasteiger partial charge >= 0.3 is 6.09 Å². The van der Waals surface area contributed by atoms with Crippen LogP contribution in [-0.4, -0.2) is 35.0 Å². The van der Waals surface area contributed by atoms with Crippen molar-refractivity contribution in [1.82, 2.24) is 4.90 Å². The fourth-order valence-corrected chi connectivity index (χ4v) is 3.90. The van der Waals surface area contributed by atoms with Crippen LogP contribution in [0.5, 0.6) is 0 Å². The second-order valence-corrected chi connectivity index (χ2v) is 7.95. The maximum atomic E-state index is 14.3. The quantitative estimate of drug-likeness (QED) is 0.827. The standard InChI is InChI=1S/C19H20F2N2O3/c1-18(2,3)26-17(25)23-10-19(12-8-11(20)4-5-14(12)21)9-13(19)16(23)15(24)6-7-22/h4-5,8,13,16H,6,9-10H2,1-3H3. The zero-order valence-electron chi connectivity index (χ0n) is 14.9. The van der Waals surface area contributed by atoms with E-state index in [1.165, 1.54) is 4.90 Å². The van der Waals surface area contributed by atoms with E-state index in [2.05, 4.69) is 0 Å². The van der Waals surface area contributed by atoms with Crippen molar-refractivity contribution >= 4 is 11.9 Å². The first kappa shape index (κ1) is 18.3. The number of fused-ring (bicyclic) bond motifs is 1. The number of hydrogen-bond donors (Lipinski definition) is 0. The van der Waals surface area contributed by atoms with Crippen molar-refractivity contribution < 1.29 is 23.1 Å². The van der Waals surface area contributed by atoms with E-state index in [0.29, 0.717) is 6.42 Å². The van der Waals surface area contributed by atoms with E-state index in [4.69, 9.17) is 10.00 Å². The fourth-order valence-electron chi connectivity index (χ4n) is 3.90. The summed E-state index contributed by atoms with van der Waals surface area (Å²) >= 11 is 0. The van der Waals surface area contributed by atoms with E-state index >= 15 is 0 Å². The minimum absolute atomic E-state index is 0.0643. The lowest BCUT2D eigenvalue weighted by atomic mass is 9.93. The molecule has 0 N–H and O–H groups in total. The molecule has 7 heteroatoms. The number of carbonyl (C=O) groups is 2. The number of piperidine rings is 1. The molecule has 1 heterocycles. The first-order chi connectivity index (χ1) is 12.1. The fraction of sp³-hybridized carbons (Fsp3) is 0.526. The summed E-state index contributed by atoms with van der Waals surface area (Å²) in [7, 11) is 0. The number of halogens is 2. The Kier molecular flexibility index (Phi) is 4.26. The molecule has 0 radical (unpaired) electrons. The Morgan fingerprint density at radius 2 is 2.08 bits per heavy atom. The zero-order chi connectivity index (χ0) is 19.3. The van der Waals surface area contributed by atoms with Crippen LogP contribution in [0.15, 0.2) is 18.2 Å². The molecule has 1 aliphatic heterocycles. The Balaban J connectivity index is 1.96. The molecule has 1 saturated heterocycles. The summed E-state index contributed by atoms with van der Waals surface area (Å²) in [6.45, 7) is 5.18. The molecule has 5 nitrogen and oxygen atoms in total. The van der Waals surface area contributed by atoms with Crippen molar-refractivity contribution in [2.75, 3.05) is 6.54 Å². The summed E-state index contributed by atoms with van der Waals surface area (Å²) in [5, 5.41) is 8.85. The molecule has 3 atom stereocenters. The summed E-state index contributed by atoms with van der Waals surface area (Å²) in [6, 6.07) is 4.16. The number of benzene rings is 1. The van der Waals surface area contributed by atoms with Gasteiger partial charge in [0.2, 0.25) is 0 Å². The smallest absolute Gasteiger partial charge is 0.410 e. The molecule has 0 aromatic heterocycles. The van der Waals surface area contributed by atoms with Gasteiger partial charge in [-0.25, -0.2) is 13.6 Å². The lowest BCUT2D eigenvalue weighted by Gasteiger charge is -2.30. The van der Waals surface area contributed by atoms with E-state index in [1.54, 1.807) is 26.8 Å². The summed E-state index contributed by atoms with van der Waals surface area (Å²) < 4.78 is 33.4. The molecule has 2 aliphatic rings. The van der Waals surface area contributed by atoms with Gasteiger partial charge in [-0.2, -0.15) is 5.26 Å². The van der Waals surface area contributed by atoms with E-state index in [9.17, 15) is 18.4 Å². The number of nitriles is 1. The highest BCUT2D eigenvalue weighted by molar-refractivity contribution is 5.91. The van der Waals surface area contributed by atoms with Gasteiger partial charge in [-0.3, -0.25) is 9.69 Å². The van der Waals surface area contributed by atoms with E-state index in [-0.39, 0.29) is 24.4 Å². The second kappa shape index (κ2) is 6.04. The van der Waals surface area contributed by atoms with Crippen LogP contribution in [0.1, 0.15) is 39.2 Å². The lowest BCUT2D eigenvalue weighted by Crippen LogP contribution is -2.46. The largest absolute Gasteiger partial charge is 0.444 e. The molecule has 1 amide bonds. The first-order valence-electron chi connectivity index (χ1n) is 8.44. The van der Waals surface area contributed by atoms with Gasteiger partial charge in [-0.05, 0) is 56.9 Å². The Bertz CT molecular complexity index is 812. The van der Waals surface area contributed by atoms with Gasteiger partial charge in [0.25, 0.3) is 0 Å². The molecule has 0 spiro atoms. The summed E-state index contributed by atoms with van der Waals surface area (Å²) in [4.78, 5) is 26.3. The van der Waals surface area contributed by atoms with Crippen LogP contribution in [-0.2, 0) is 14.9 Å². The van der Waals surface area contributed by atoms with Crippen molar-refractivity contribution in [3.63, 3.8) is 0 Å². The van der Waals surface area contributed by atoms with Gasteiger partial charge < -0.3 is 4.74 Å². The number of ether oxygens (including phenoxy) is 1. The van der Waals surface area contributed by atoms with Gasteiger partial charge in [-0.1, -0.05) is 0 Å². The third-order valence-electron chi connectivity index (χ3n) is 4.98. The molecular weight excluding hydrogens is 342 g/mol. The normalized spacial score (nSPS) is 26.8.